The zero-order chi connectivity index (χ0) is 11.6. The molecule has 0 heterocycles. The van der Waals surface area contributed by atoms with E-state index in [1.54, 1.807) is 7.11 Å². The predicted molar refractivity (Wildman–Crippen MR) is 68.0 cm³/mol. The quantitative estimate of drug-likeness (QED) is 0.417. The van der Waals surface area contributed by atoms with E-state index in [1.807, 2.05) is 0 Å². The third-order valence-corrected chi connectivity index (χ3v) is 3.80. The highest BCUT2D eigenvalue weighted by Gasteiger charge is 2.20. The van der Waals surface area contributed by atoms with Crippen LogP contribution in [-0.4, -0.2) is 19.8 Å². The molecular weight excluding hydrogens is 200 g/mol. The molecule has 3 N–H and O–H groups in total. The smallest absolute Gasteiger partial charge is 0.0462 e. The molecule has 0 amide bonds. The van der Waals surface area contributed by atoms with Crippen LogP contribution in [0.3, 0.4) is 0 Å². The van der Waals surface area contributed by atoms with Crippen LogP contribution in [0.25, 0.3) is 0 Å². The first-order chi connectivity index (χ1) is 7.88. The number of methoxy groups -OCH3 is 1. The summed E-state index contributed by atoms with van der Waals surface area (Å²) < 4.78 is 5.10. The lowest BCUT2D eigenvalue weighted by Crippen LogP contribution is -2.41. The molecule has 1 rings (SSSR count). The molecule has 3 nitrogen and oxygen atoms in total. The summed E-state index contributed by atoms with van der Waals surface area (Å²) in [5.74, 6) is 6.46. The molecule has 1 aliphatic rings. The lowest BCUT2D eigenvalue weighted by molar-refractivity contribution is 0.179. The first-order valence-corrected chi connectivity index (χ1v) is 6.83. The van der Waals surface area contributed by atoms with Crippen LogP contribution in [0, 0.1) is 5.92 Å². The molecule has 0 saturated heterocycles. The minimum atomic E-state index is 0.494. The largest absolute Gasteiger partial charge is 0.385 e. The molecule has 0 radical (unpaired) electrons. The Morgan fingerprint density at radius 3 is 2.38 bits per heavy atom. The number of hydrogen-bond acceptors (Lipinski definition) is 3. The molecule has 96 valence electrons. The standard InChI is InChI=1S/C13H28N2O/c1-16-11-7-10-13(15-14)12-8-5-3-2-4-6-9-12/h12-13,15H,2-11,14H2,1H3. The number of rotatable bonds is 6. The third kappa shape index (κ3) is 5.28. The molecular formula is C13H28N2O. The summed E-state index contributed by atoms with van der Waals surface area (Å²) in [6.07, 6.45) is 12.0. The van der Waals surface area contributed by atoms with Gasteiger partial charge < -0.3 is 4.74 Å². The fraction of sp³-hybridized carbons (Fsp3) is 1.00. The lowest BCUT2D eigenvalue weighted by Gasteiger charge is -2.28. The van der Waals surface area contributed by atoms with Crippen molar-refractivity contribution in [2.45, 2.75) is 63.8 Å². The van der Waals surface area contributed by atoms with E-state index in [0.29, 0.717) is 6.04 Å². The third-order valence-electron chi connectivity index (χ3n) is 3.80. The van der Waals surface area contributed by atoms with Crippen LogP contribution in [0.4, 0.5) is 0 Å². The molecule has 1 saturated carbocycles. The van der Waals surface area contributed by atoms with Crippen molar-refractivity contribution >= 4 is 0 Å². The second kappa shape index (κ2) is 8.97. The molecule has 16 heavy (non-hydrogen) atoms. The molecule has 3 heteroatoms. The summed E-state index contributed by atoms with van der Waals surface area (Å²) >= 11 is 0. The van der Waals surface area contributed by atoms with Gasteiger partial charge in [-0.25, -0.2) is 0 Å². The molecule has 0 aromatic heterocycles. The van der Waals surface area contributed by atoms with Crippen LogP contribution in [0.15, 0.2) is 0 Å². The number of nitrogens with one attached hydrogen (secondary N) is 1. The van der Waals surface area contributed by atoms with Gasteiger partial charge in [0.2, 0.25) is 0 Å². The molecule has 0 bridgehead atoms. The lowest BCUT2D eigenvalue weighted by atomic mass is 9.84. The van der Waals surface area contributed by atoms with Crippen molar-refractivity contribution in [3.05, 3.63) is 0 Å². The summed E-state index contributed by atoms with van der Waals surface area (Å²) in [5.41, 5.74) is 3.02. The Hall–Kier alpha value is -0.120. The van der Waals surface area contributed by atoms with E-state index >= 15 is 0 Å². The van der Waals surface area contributed by atoms with E-state index in [4.69, 9.17) is 10.6 Å². The van der Waals surface area contributed by atoms with Gasteiger partial charge in [0.25, 0.3) is 0 Å². The number of hydrazine groups is 1. The van der Waals surface area contributed by atoms with Crippen LogP contribution in [0.1, 0.15) is 57.8 Å². The summed E-state index contributed by atoms with van der Waals surface area (Å²) in [7, 11) is 1.76. The molecule has 1 unspecified atom stereocenters. The Balaban J connectivity index is 2.29. The van der Waals surface area contributed by atoms with Crippen molar-refractivity contribution in [1.82, 2.24) is 5.43 Å². The van der Waals surface area contributed by atoms with Gasteiger partial charge in [-0.15, -0.1) is 0 Å². The van der Waals surface area contributed by atoms with Crippen molar-refractivity contribution in [3.8, 4) is 0 Å². The highest BCUT2D eigenvalue weighted by molar-refractivity contribution is 4.76. The molecule has 1 fully saturated rings. The van der Waals surface area contributed by atoms with Gasteiger partial charge in [0, 0.05) is 19.8 Å². The molecule has 0 aromatic rings. The van der Waals surface area contributed by atoms with Gasteiger partial charge in [-0.2, -0.15) is 0 Å². The van der Waals surface area contributed by atoms with Crippen LogP contribution >= 0.6 is 0 Å². The Bertz CT molecular complexity index is 156. The highest BCUT2D eigenvalue weighted by atomic mass is 16.5. The minimum absolute atomic E-state index is 0.494. The van der Waals surface area contributed by atoms with E-state index in [9.17, 15) is 0 Å². The van der Waals surface area contributed by atoms with E-state index in [2.05, 4.69) is 5.43 Å². The Kier molecular flexibility index (Phi) is 7.81. The number of nitrogens with two attached hydrogens (primary N) is 1. The normalized spacial score (nSPS) is 21.4. The first-order valence-electron chi connectivity index (χ1n) is 6.83. The minimum Gasteiger partial charge on any atom is -0.385 e. The molecule has 1 aliphatic carbocycles. The average Bonchev–Trinajstić information content (AvgIpc) is 2.25. The Morgan fingerprint density at radius 1 is 1.19 bits per heavy atom. The monoisotopic (exact) mass is 228 g/mol. The topological polar surface area (TPSA) is 47.3 Å². The van der Waals surface area contributed by atoms with E-state index in [0.717, 1.165) is 25.4 Å². The van der Waals surface area contributed by atoms with Crippen molar-refractivity contribution < 1.29 is 4.74 Å². The fourth-order valence-electron chi connectivity index (χ4n) is 2.79. The number of hydrogen-bond donors (Lipinski definition) is 2. The van der Waals surface area contributed by atoms with Crippen molar-refractivity contribution in [3.63, 3.8) is 0 Å². The Morgan fingerprint density at radius 2 is 1.81 bits per heavy atom. The number of ether oxygens (including phenoxy) is 1. The predicted octanol–water partition coefficient (Wildman–Crippen LogP) is 2.61. The van der Waals surface area contributed by atoms with Crippen LogP contribution in [0.2, 0.25) is 0 Å². The van der Waals surface area contributed by atoms with E-state index < -0.39 is 0 Å². The first kappa shape index (κ1) is 13.9. The molecule has 0 aromatic carbocycles. The Labute approximate surface area is 100 Å². The summed E-state index contributed by atoms with van der Waals surface area (Å²) in [6.45, 7) is 0.852. The summed E-state index contributed by atoms with van der Waals surface area (Å²) in [6, 6.07) is 0.494. The van der Waals surface area contributed by atoms with Gasteiger partial charge in [-0.3, -0.25) is 11.3 Å². The maximum atomic E-state index is 5.69. The van der Waals surface area contributed by atoms with Crippen LogP contribution in [-0.2, 0) is 4.74 Å². The van der Waals surface area contributed by atoms with Crippen molar-refractivity contribution in [2.24, 2.45) is 11.8 Å². The second-order valence-electron chi connectivity index (χ2n) is 5.01. The van der Waals surface area contributed by atoms with E-state index in [1.165, 1.54) is 44.9 Å². The highest BCUT2D eigenvalue weighted by Crippen LogP contribution is 2.26. The van der Waals surface area contributed by atoms with Crippen LogP contribution < -0.4 is 11.3 Å². The zero-order valence-corrected chi connectivity index (χ0v) is 10.7. The molecule has 0 aliphatic heterocycles. The average molecular weight is 228 g/mol. The zero-order valence-electron chi connectivity index (χ0n) is 10.7. The maximum Gasteiger partial charge on any atom is 0.0462 e. The maximum absolute atomic E-state index is 5.69. The van der Waals surface area contributed by atoms with Gasteiger partial charge in [-0.1, -0.05) is 32.1 Å². The van der Waals surface area contributed by atoms with Crippen molar-refractivity contribution in [2.75, 3.05) is 13.7 Å². The van der Waals surface area contributed by atoms with Gasteiger partial charge in [0.05, 0.1) is 0 Å². The second-order valence-corrected chi connectivity index (χ2v) is 5.01. The molecule has 1 atom stereocenters. The van der Waals surface area contributed by atoms with Gasteiger partial charge in [0.1, 0.15) is 0 Å². The van der Waals surface area contributed by atoms with Crippen LogP contribution in [0.5, 0.6) is 0 Å². The fourth-order valence-corrected chi connectivity index (χ4v) is 2.79. The van der Waals surface area contributed by atoms with Crippen molar-refractivity contribution in [1.29, 1.82) is 0 Å². The summed E-state index contributed by atoms with van der Waals surface area (Å²) in [5, 5.41) is 0. The SMILES string of the molecule is COCCCC(NN)C1CCCCCCC1. The van der Waals surface area contributed by atoms with Gasteiger partial charge in [-0.05, 0) is 31.6 Å². The van der Waals surface area contributed by atoms with Gasteiger partial charge >= 0.3 is 0 Å². The summed E-state index contributed by atoms with van der Waals surface area (Å²) in [4.78, 5) is 0. The molecule has 0 spiro atoms. The van der Waals surface area contributed by atoms with Gasteiger partial charge in [0.15, 0.2) is 0 Å². The van der Waals surface area contributed by atoms with E-state index in [-0.39, 0.29) is 0 Å².